The molecule has 1 aliphatic rings. The number of hydrogen-bond donors (Lipinski definition) is 2. The highest BCUT2D eigenvalue weighted by atomic mass is 79.9. The van der Waals surface area contributed by atoms with Crippen molar-refractivity contribution in [2.45, 2.75) is 32.9 Å². The summed E-state index contributed by atoms with van der Waals surface area (Å²) in [6, 6.07) is 6.34. The van der Waals surface area contributed by atoms with Gasteiger partial charge in [-0.05, 0) is 37.5 Å². The van der Waals surface area contributed by atoms with Crippen molar-refractivity contribution in [1.82, 2.24) is 4.57 Å². The van der Waals surface area contributed by atoms with Crippen LogP contribution in [0.5, 0.6) is 0 Å². The number of hydrogen-bond acceptors (Lipinski definition) is 2. The molecule has 0 amide bonds. The van der Waals surface area contributed by atoms with Gasteiger partial charge >= 0.3 is 0 Å². The van der Waals surface area contributed by atoms with E-state index in [4.69, 9.17) is 5.73 Å². The standard InChI is InChI=1S/C17H21BrN2O/c1-10-5-14-15-7-12(18)3-4-16(15)20(9-13(21)8-19)17(14)6-11(10)2/h3-5,7,11,13,21H,6,8-9,19H2,1-2H3. The highest BCUT2D eigenvalue weighted by Gasteiger charge is 2.23. The van der Waals surface area contributed by atoms with Crippen LogP contribution in [-0.2, 0) is 13.0 Å². The molecule has 0 bridgehead atoms. The lowest BCUT2D eigenvalue weighted by molar-refractivity contribution is 0.162. The summed E-state index contributed by atoms with van der Waals surface area (Å²) in [5.41, 5.74) is 10.8. The number of benzene rings is 1. The number of aliphatic hydroxyl groups excluding tert-OH is 1. The maximum absolute atomic E-state index is 9.99. The van der Waals surface area contributed by atoms with E-state index in [1.165, 1.54) is 27.7 Å². The zero-order chi connectivity index (χ0) is 15.1. The third-order valence-corrected chi connectivity index (χ3v) is 4.98. The molecule has 1 aromatic heterocycles. The number of nitrogens with zero attached hydrogens (tertiary/aromatic N) is 1. The first-order valence-electron chi connectivity index (χ1n) is 7.38. The van der Waals surface area contributed by atoms with Crippen LogP contribution in [0.3, 0.4) is 0 Å². The third-order valence-electron chi connectivity index (χ3n) is 4.49. The van der Waals surface area contributed by atoms with Gasteiger partial charge in [0.2, 0.25) is 0 Å². The van der Waals surface area contributed by atoms with Gasteiger partial charge in [-0.1, -0.05) is 34.5 Å². The minimum absolute atomic E-state index is 0.287. The second-order valence-electron chi connectivity index (χ2n) is 6.02. The first-order chi connectivity index (χ1) is 10.0. The minimum atomic E-state index is -0.504. The van der Waals surface area contributed by atoms with Crippen molar-refractivity contribution in [2.24, 2.45) is 11.7 Å². The Morgan fingerprint density at radius 1 is 1.48 bits per heavy atom. The van der Waals surface area contributed by atoms with E-state index in [9.17, 15) is 5.11 Å². The van der Waals surface area contributed by atoms with E-state index in [0.29, 0.717) is 12.5 Å². The predicted octanol–water partition coefficient (Wildman–Crippen LogP) is 3.32. The molecule has 2 atom stereocenters. The lowest BCUT2D eigenvalue weighted by atomic mass is 9.88. The molecular weight excluding hydrogens is 328 g/mol. The molecule has 3 nitrogen and oxygen atoms in total. The molecular formula is C17H21BrN2O. The maximum Gasteiger partial charge on any atom is 0.0841 e. The van der Waals surface area contributed by atoms with Crippen LogP contribution in [0, 0.1) is 5.92 Å². The van der Waals surface area contributed by atoms with Crippen molar-refractivity contribution in [3.05, 3.63) is 39.5 Å². The van der Waals surface area contributed by atoms with Crippen LogP contribution in [0.1, 0.15) is 25.1 Å². The second-order valence-corrected chi connectivity index (χ2v) is 6.93. The highest BCUT2D eigenvalue weighted by molar-refractivity contribution is 9.10. The molecule has 2 aromatic rings. The third kappa shape index (κ3) is 2.56. The molecule has 21 heavy (non-hydrogen) atoms. The lowest BCUT2D eigenvalue weighted by Crippen LogP contribution is -2.26. The molecule has 3 rings (SSSR count). The number of halogens is 1. The van der Waals surface area contributed by atoms with Crippen LogP contribution in [0.4, 0.5) is 0 Å². The van der Waals surface area contributed by atoms with Crippen LogP contribution < -0.4 is 5.73 Å². The maximum atomic E-state index is 9.99. The van der Waals surface area contributed by atoms with Gasteiger partial charge in [-0.2, -0.15) is 0 Å². The van der Waals surface area contributed by atoms with Gasteiger partial charge in [0.25, 0.3) is 0 Å². The van der Waals surface area contributed by atoms with Crippen molar-refractivity contribution in [1.29, 1.82) is 0 Å². The molecule has 0 aliphatic heterocycles. The zero-order valence-corrected chi connectivity index (χ0v) is 14.0. The largest absolute Gasteiger partial charge is 0.390 e. The van der Waals surface area contributed by atoms with Crippen molar-refractivity contribution < 1.29 is 5.11 Å². The number of rotatable bonds is 3. The Bertz CT molecular complexity index is 717. The zero-order valence-electron chi connectivity index (χ0n) is 12.4. The second kappa shape index (κ2) is 5.59. The average molecular weight is 349 g/mol. The van der Waals surface area contributed by atoms with Crippen LogP contribution >= 0.6 is 15.9 Å². The van der Waals surface area contributed by atoms with Crippen molar-refractivity contribution >= 4 is 32.9 Å². The highest BCUT2D eigenvalue weighted by Crippen LogP contribution is 2.37. The Balaban J connectivity index is 2.24. The summed E-state index contributed by atoms with van der Waals surface area (Å²) in [6.45, 7) is 5.30. The molecule has 0 saturated heterocycles. The normalized spacial score (nSPS) is 19.5. The topological polar surface area (TPSA) is 51.2 Å². The SMILES string of the molecule is CC1=Cc2c(n(CC(O)CN)c3ccc(Br)cc23)CC1C. The van der Waals surface area contributed by atoms with Crippen molar-refractivity contribution in [3.63, 3.8) is 0 Å². The molecule has 4 heteroatoms. The van der Waals surface area contributed by atoms with E-state index >= 15 is 0 Å². The fourth-order valence-electron chi connectivity index (χ4n) is 3.10. The molecule has 0 spiro atoms. The van der Waals surface area contributed by atoms with E-state index in [0.717, 1.165) is 10.9 Å². The van der Waals surface area contributed by atoms with Gasteiger partial charge in [-0.25, -0.2) is 0 Å². The molecule has 0 saturated carbocycles. The molecule has 1 heterocycles. The number of aromatic nitrogens is 1. The van der Waals surface area contributed by atoms with Gasteiger partial charge in [-0.15, -0.1) is 0 Å². The molecule has 2 unspecified atom stereocenters. The summed E-state index contributed by atoms with van der Waals surface area (Å²) in [5.74, 6) is 0.541. The Kier molecular flexibility index (Phi) is 3.95. The molecule has 0 fully saturated rings. The summed E-state index contributed by atoms with van der Waals surface area (Å²) < 4.78 is 3.33. The van der Waals surface area contributed by atoms with Crippen molar-refractivity contribution in [2.75, 3.05) is 6.54 Å². The number of nitrogens with two attached hydrogens (primary N) is 1. The predicted molar refractivity (Wildman–Crippen MR) is 91.2 cm³/mol. The lowest BCUT2D eigenvalue weighted by Gasteiger charge is -2.22. The van der Waals surface area contributed by atoms with Gasteiger partial charge in [0, 0.05) is 33.2 Å². The van der Waals surface area contributed by atoms with Crippen LogP contribution in [-0.4, -0.2) is 22.3 Å². The summed E-state index contributed by atoms with van der Waals surface area (Å²) in [5, 5.41) is 11.2. The van der Waals surface area contributed by atoms with Crippen LogP contribution in [0.25, 0.3) is 17.0 Å². The Morgan fingerprint density at radius 3 is 2.95 bits per heavy atom. The summed E-state index contributed by atoms with van der Waals surface area (Å²) in [4.78, 5) is 0. The van der Waals surface area contributed by atoms with Gasteiger partial charge < -0.3 is 15.4 Å². The Morgan fingerprint density at radius 2 is 2.24 bits per heavy atom. The van der Waals surface area contributed by atoms with E-state index in [-0.39, 0.29) is 6.54 Å². The van der Waals surface area contributed by atoms with Gasteiger partial charge in [0.05, 0.1) is 12.6 Å². The fraction of sp³-hybridized carbons (Fsp3) is 0.412. The molecule has 112 valence electrons. The molecule has 0 radical (unpaired) electrons. The summed E-state index contributed by atoms with van der Waals surface area (Å²) >= 11 is 3.56. The first kappa shape index (κ1) is 14.8. The van der Waals surface area contributed by atoms with Gasteiger partial charge in [0.1, 0.15) is 0 Å². The monoisotopic (exact) mass is 348 g/mol. The number of aliphatic hydroxyl groups is 1. The first-order valence-corrected chi connectivity index (χ1v) is 8.17. The minimum Gasteiger partial charge on any atom is -0.390 e. The van der Waals surface area contributed by atoms with Crippen molar-refractivity contribution in [3.8, 4) is 0 Å². The Hall–Kier alpha value is -1.10. The number of fused-ring (bicyclic) bond motifs is 3. The van der Waals surface area contributed by atoms with Gasteiger partial charge in [-0.3, -0.25) is 0 Å². The van der Waals surface area contributed by atoms with E-state index in [2.05, 4.69) is 58.6 Å². The number of allylic oxidation sites excluding steroid dienone is 1. The fourth-order valence-corrected chi connectivity index (χ4v) is 3.46. The van der Waals surface area contributed by atoms with Crippen LogP contribution in [0.15, 0.2) is 28.2 Å². The quantitative estimate of drug-likeness (QED) is 0.893. The molecule has 1 aliphatic carbocycles. The van der Waals surface area contributed by atoms with Gasteiger partial charge in [0.15, 0.2) is 0 Å². The molecule has 1 aromatic carbocycles. The average Bonchev–Trinajstić information content (AvgIpc) is 2.73. The van der Waals surface area contributed by atoms with Crippen LogP contribution in [0.2, 0.25) is 0 Å². The van der Waals surface area contributed by atoms with E-state index < -0.39 is 6.10 Å². The Labute approximate surface area is 133 Å². The smallest absolute Gasteiger partial charge is 0.0841 e. The van der Waals surface area contributed by atoms with E-state index in [1.807, 2.05) is 0 Å². The van der Waals surface area contributed by atoms with E-state index in [1.54, 1.807) is 0 Å². The molecule has 3 N–H and O–H groups in total. The summed E-state index contributed by atoms with van der Waals surface area (Å²) in [7, 11) is 0. The summed E-state index contributed by atoms with van der Waals surface area (Å²) in [6.07, 6.45) is 2.81.